The highest BCUT2D eigenvalue weighted by Crippen LogP contribution is 2.35. The Balaban J connectivity index is 1.97. The molecule has 112 valence electrons. The van der Waals surface area contributed by atoms with Gasteiger partial charge < -0.3 is 4.57 Å². The van der Waals surface area contributed by atoms with E-state index in [4.69, 9.17) is 0 Å². The lowest BCUT2D eigenvalue weighted by Gasteiger charge is -2.23. The predicted octanol–water partition coefficient (Wildman–Crippen LogP) is 3.14. The minimum Gasteiger partial charge on any atom is -0.353 e. The Morgan fingerprint density at radius 2 is 1.95 bits per heavy atom. The van der Waals surface area contributed by atoms with Crippen LogP contribution in [0.4, 0.5) is 0 Å². The summed E-state index contributed by atoms with van der Waals surface area (Å²) in [6.45, 7) is 0.415. The third kappa shape index (κ3) is 2.93. The van der Waals surface area contributed by atoms with Gasteiger partial charge in [0.25, 0.3) is 0 Å². The maximum Gasteiger partial charge on any atom is 0.244 e. The Labute approximate surface area is 133 Å². The molecule has 0 aliphatic heterocycles. The molecule has 1 aromatic carbocycles. The zero-order valence-corrected chi connectivity index (χ0v) is 14.1. The van der Waals surface area contributed by atoms with E-state index in [1.807, 2.05) is 36.0 Å². The quantitative estimate of drug-likeness (QED) is 0.813. The number of hydrogen-bond acceptors (Lipinski definition) is 2. The fraction of sp³-hybridized carbons (Fsp3) is 0.333. The van der Waals surface area contributed by atoms with E-state index in [1.54, 1.807) is 22.5 Å². The maximum atomic E-state index is 13.0. The van der Waals surface area contributed by atoms with E-state index < -0.39 is 10.0 Å². The van der Waals surface area contributed by atoms with E-state index in [9.17, 15) is 8.42 Å². The summed E-state index contributed by atoms with van der Waals surface area (Å²) in [4.78, 5) is 0.339. The van der Waals surface area contributed by atoms with Crippen molar-refractivity contribution in [1.29, 1.82) is 0 Å². The van der Waals surface area contributed by atoms with Crippen molar-refractivity contribution < 1.29 is 8.42 Å². The van der Waals surface area contributed by atoms with Crippen LogP contribution in [0.15, 0.2) is 52.0 Å². The first-order chi connectivity index (χ1) is 10.00. The highest BCUT2D eigenvalue weighted by molar-refractivity contribution is 9.10. The van der Waals surface area contributed by atoms with Gasteiger partial charge >= 0.3 is 0 Å². The Morgan fingerprint density at radius 3 is 2.52 bits per heavy atom. The van der Waals surface area contributed by atoms with Crippen molar-refractivity contribution in [1.82, 2.24) is 8.87 Å². The van der Waals surface area contributed by atoms with Crippen molar-refractivity contribution in [2.75, 3.05) is 0 Å². The zero-order valence-electron chi connectivity index (χ0n) is 11.7. The second-order valence-electron chi connectivity index (χ2n) is 5.32. The SMILES string of the molecule is Cn1cccc1CN(C1CC1)S(=O)(=O)c1ccccc1Br. The summed E-state index contributed by atoms with van der Waals surface area (Å²) >= 11 is 3.35. The number of sulfonamides is 1. The second-order valence-corrected chi connectivity index (χ2v) is 8.04. The van der Waals surface area contributed by atoms with E-state index in [0.717, 1.165) is 18.5 Å². The number of nitrogens with zero attached hydrogens (tertiary/aromatic N) is 2. The fourth-order valence-electron chi connectivity index (χ4n) is 2.37. The van der Waals surface area contributed by atoms with Crippen LogP contribution in [-0.4, -0.2) is 23.3 Å². The van der Waals surface area contributed by atoms with E-state index in [1.165, 1.54) is 0 Å². The van der Waals surface area contributed by atoms with Crippen molar-refractivity contribution in [3.05, 3.63) is 52.8 Å². The molecule has 1 aliphatic rings. The molecule has 1 fully saturated rings. The first-order valence-electron chi connectivity index (χ1n) is 6.87. The van der Waals surface area contributed by atoms with Crippen LogP contribution in [0.25, 0.3) is 0 Å². The lowest BCUT2D eigenvalue weighted by molar-refractivity contribution is 0.390. The van der Waals surface area contributed by atoms with Gasteiger partial charge in [-0.15, -0.1) is 0 Å². The van der Waals surface area contributed by atoms with Gasteiger partial charge in [-0.05, 0) is 53.0 Å². The molecule has 0 atom stereocenters. The second kappa shape index (κ2) is 5.59. The minimum absolute atomic E-state index is 0.122. The van der Waals surface area contributed by atoms with Gasteiger partial charge in [0.05, 0.1) is 11.4 Å². The Bertz CT molecular complexity index is 751. The lowest BCUT2D eigenvalue weighted by atomic mass is 10.4. The summed E-state index contributed by atoms with van der Waals surface area (Å²) in [5.41, 5.74) is 0.998. The Hall–Kier alpha value is -1.11. The molecule has 3 rings (SSSR count). The van der Waals surface area contributed by atoms with E-state index in [-0.39, 0.29) is 6.04 Å². The summed E-state index contributed by atoms with van der Waals surface area (Å²) in [7, 11) is -1.55. The van der Waals surface area contributed by atoms with Crippen molar-refractivity contribution in [3.63, 3.8) is 0 Å². The van der Waals surface area contributed by atoms with Gasteiger partial charge in [0.1, 0.15) is 0 Å². The fourth-order valence-corrected chi connectivity index (χ4v) is 5.00. The number of rotatable bonds is 5. The Kier molecular flexibility index (Phi) is 3.94. The van der Waals surface area contributed by atoms with Gasteiger partial charge in [-0.3, -0.25) is 0 Å². The van der Waals surface area contributed by atoms with Crippen LogP contribution in [0.1, 0.15) is 18.5 Å². The molecule has 1 aliphatic carbocycles. The average Bonchev–Trinajstić information content (AvgIpc) is 3.20. The van der Waals surface area contributed by atoms with Crippen LogP contribution in [-0.2, 0) is 23.6 Å². The molecule has 1 heterocycles. The van der Waals surface area contributed by atoms with Crippen LogP contribution in [0.5, 0.6) is 0 Å². The highest BCUT2D eigenvalue weighted by atomic mass is 79.9. The summed E-state index contributed by atoms with van der Waals surface area (Å²) in [5, 5.41) is 0. The monoisotopic (exact) mass is 368 g/mol. The molecule has 2 aromatic rings. The minimum atomic E-state index is -3.49. The third-order valence-corrected chi connectivity index (χ3v) is 6.66. The van der Waals surface area contributed by atoms with Gasteiger partial charge in [0, 0.05) is 29.5 Å². The van der Waals surface area contributed by atoms with E-state index in [2.05, 4.69) is 15.9 Å². The maximum absolute atomic E-state index is 13.0. The average molecular weight is 369 g/mol. The molecular weight excluding hydrogens is 352 g/mol. The molecule has 6 heteroatoms. The van der Waals surface area contributed by atoms with Gasteiger partial charge in [0.2, 0.25) is 10.0 Å². The largest absolute Gasteiger partial charge is 0.353 e. The molecule has 0 amide bonds. The highest BCUT2D eigenvalue weighted by Gasteiger charge is 2.39. The number of halogens is 1. The van der Waals surface area contributed by atoms with Gasteiger partial charge in [0.15, 0.2) is 0 Å². The normalized spacial score (nSPS) is 15.6. The van der Waals surface area contributed by atoms with Gasteiger partial charge in [-0.25, -0.2) is 8.42 Å². The smallest absolute Gasteiger partial charge is 0.244 e. The first-order valence-corrected chi connectivity index (χ1v) is 9.10. The van der Waals surface area contributed by atoms with Crippen molar-refractivity contribution in [2.24, 2.45) is 7.05 Å². The molecule has 4 nitrogen and oxygen atoms in total. The number of benzene rings is 1. The lowest BCUT2D eigenvalue weighted by Crippen LogP contribution is -2.33. The van der Waals surface area contributed by atoms with Crippen LogP contribution in [0.3, 0.4) is 0 Å². The predicted molar refractivity (Wildman–Crippen MR) is 85.3 cm³/mol. The molecule has 1 aromatic heterocycles. The molecular formula is C15H17BrN2O2S. The number of aromatic nitrogens is 1. The number of hydrogen-bond donors (Lipinski definition) is 0. The van der Waals surface area contributed by atoms with Crippen molar-refractivity contribution >= 4 is 26.0 Å². The van der Waals surface area contributed by atoms with Crippen LogP contribution >= 0.6 is 15.9 Å². The molecule has 0 unspecified atom stereocenters. The Morgan fingerprint density at radius 1 is 1.24 bits per heavy atom. The molecule has 0 bridgehead atoms. The summed E-state index contributed by atoms with van der Waals surface area (Å²) in [6.07, 6.45) is 3.81. The molecule has 0 saturated heterocycles. The van der Waals surface area contributed by atoms with Crippen LogP contribution in [0.2, 0.25) is 0 Å². The standard InChI is InChI=1S/C15H17BrN2O2S/c1-17-10-4-5-13(17)11-18(12-8-9-12)21(19,20)15-7-3-2-6-14(15)16/h2-7,10,12H,8-9,11H2,1H3. The number of aryl methyl sites for hydroxylation is 1. The zero-order chi connectivity index (χ0) is 15.0. The van der Waals surface area contributed by atoms with Crippen molar-refractivity contribution in [3.8, 4) is 0 Å². The molecule has 1 saturated carbocycles. The molecule has 21 heavy (non-hydrogen) atoms. The topological polar surface area (TPSA) is 42.3 Å². The van der Waals surface area contributed by atoms with Gasteiger partial charge in [-0.2, -0.15) is 4.31 Å². The molecule has 0 radical (unpaired) electrons. The molecule has 0 N–H and O–H groups in total. The molecule has 0 spiro atoms. The van der Waals surface area contributed by atoms with Gasteiger partial charge in [-0.1, -0.05) is 12.1 Å². The van der Waals surface area contributed by atoms with Crippen molar-refractivity contribution in [2.45, 2.75) is 30.3 Å². The van der Waals surface area contributed by atoms with E-state index >= 15 is 0 Å². The first kappa shape index (κ1) is 14.8. The summed E-state index contributed by atoms with van der Waals surface area (Å²) < 4.78 is 30.1. The summed E-state index contributed by atoms with van der Waals surface area (Å²) in [6, 6.07) is 11.0. The van der Waals surface area contributed by atoms with E-state index in [0.29, 0.717) is 15.9 Å². The summed E-state index contributed by atoms with van der Waals surface area (Å²) in [5.74, 6) is 0. The van der Waals surface area contributed by atoms with Crippen LogP contribution < -0.4 is 0 Å². The third-order valence-electron chi connectivity index (χ3n) is 3.75. The van der Waals surface area contributed by atoms with Crippen LogP contribution in [0, 0.1) is 0 Å².